The largest absolute Gasteiger partial charge is 0.449 e. The van der Waals surface area contributed by atoms with E-state index in [1.165, 1.54) is 13.0 Å². The van der Waals surface area contributed by atoms with Gasteiger partial charge in [-0.15, -0.1) is 0 Å². The molecule has 0 spiro atoms. The van der Waals surface area contributed by atoms with Crippen molar-refractivity contribution in [3.63, 3.8) is 0 Å². The predicted molar refractivity (Wildman–Crippen MR) is 78.1 cm³/mol. The molecule has 0 saturated carbocycles. The van der Waals surface area contributed by atoms with Gasteiger partial charge in [-0.3, -0.25) is 19.8 Å². The number of imide groups is 1. The summed E-state index contributed by atoms with van der Waals surface area (Å²) in [4.78, 5) is 46.6. The highest BCUT2D eigenvalue weighted by atomic mass is 35.5. The molecule has 0 aliphatic carbocycles. The first-order chi connectivity index (χ1) is 10.8. The van der Waals surface area contributed by atoms with Crippen molar-refractivity contribution < 1.29 is 24.0 Å². The zero-order valence-corrected chi connectivity index (χ0v) is 12.7. The monoisotopic (exact) mass is 341 g/mol. The minimum atomic E-state index is -1.27. The minimum absolute atomic E-state index is 0.112. The Balaban J connectivity index is 2.15. The van der Waals surface area contributed by atoms with E-state index in [0.717, 1.165) is 17.0 Å². The van der Waals surface area contributed by atoms with Crippen molar-refractivity contribution in [1.29, 1.82) is 0 Å². The number of amides is 3. The number of carbonyl (C=O) groups excluding carboxylic acids is 3. The van der Waals surface area contributed by atoms with Gasteiger partial charge >= 0.3 is 12.0 Å². The summed E-state index contributed by atoms with van der Waals surface area (Å²) >= 11 is 5.73. The lowest BCUT2D eigenvalue weighted by atomic mass is 10.2. The molecule has 1 saturated heterocycles. The predicted octanol–water partition coefficient (Wildman–Crippen LogP) is 1.35. The first-order valence-corrected chi connectivity index (χ1v) is 6.93. The van der Waals surface area contributed by atoms with Crippen LogP contribution in [0, 0.1) is 10.1 Å². The van der Waals surface area contributed by atoms with E-state index >= 15 is 0 Å². The summed E-state index contributed by atoms with van der Waals surface area (Å²) < 4.78 is 4.93. The summed E-state index contributed by atoms with van der Waals surface area (Å²) in [6.45, 7) is 1.75. The molecule has 1 N–H and O–H groups in total. The van der Waals surface area contributed by atoms with Crippen LogP contribution < -0.4 is 5.32 Å². The molecule has 2 rings (SSSR count). The van der Waals surface area contributed by atoms with E-state index in [1.807, 2.05) is 0 Å². The van der Waals surface area contributed by atoms with Crippen molar-refractivity contribution in [3.8, 4) is 0 Å². The molecule has 23 heavy (non-hydrogen) atoms. The van der Waals surface area contributed by atoms with Crippen molar-refractivity contribution in [2.75, 3.05) is 13.1 Å². The van der Waals surface area contributed by atoms with Crippen molar-refractivity contribution in [2.45, 2.75) is 13.0 Å². The molecular formula is C13H12ClN3O6. The van der Waals surface area contributed by atoms with E-state index < -0.39 is 34.6 Å². The third-order valence-corrected chi connectivity index (χ3v) is 3.36. The standard InChI is InChI=1S/C13H12ClN3O6/c1-7(11(18)16-5-4-15-13(16)20)23-12(19)9-6-8(14)2-3-10(9)17(21)22/h2-3,6-7H,4-5H2,1H3,(H,15,20). The summed E-state index contributed by atoms with van der Waals surface area (Å²) in [7, 11) is 0. The van der Waals surface area contributed by atoms with E-state index in [0.29, 0.717) is 6.54 Å². The summed E-state index contributed by atoms with van der Waals surface area (Å²) in [6.07, 6.45) is -1.27. The number of nitrogens with one attached hydrogen (secondary N) is 1. The van der Waals surface area contributed by atoms with Crippen LogP contribution in [0.15, 0.2) is 18.2 Å². The molecule has 1 aromatic rings. The fraction of sp³-hybridized carbons (Fsp3) is 0.308. The molecular weight excluding hydrogens is 330 g/mol. The Hall–Kier alpha value is -2.68. The summed E-state index contributed by atoms with van der Waals surface area (Å²) in [6, 6.07) is 2.84. The van der Waals surface area contributed by atoms with E-state index in [1.54, 1.807) is 0 Å². The zero-order chi connectivity index (χ0) is 17.1. The summed E-state index contributed by atoms with van der Waals surface area (Å²) in [5.74, 6) is -1.78. The second kappa shape index (κ2) is 6.61. The molecule has 0 bridgehead atoms. The Morgan fingerprint density at radius 1 is 1.48 bits per heavy atom. The Bertz CT molecular complexity index is 692. The fourth-order valence-electron chi connectivity index (χ4n) is 2.01. The van der Waals surface area contributed by atoms with Crippen molar-refractivity contribution >= 4 is 35.2 Å². The molecule has 1 atom stereocenters. The van der Waals surface area contributed by atoms with Crippen LogP contribution >= 0.6 is 11.6 Å². The number of urea groups is 1. The first-order valence-electron chi connectivity index (χ1n) is 6.55. The van der Waals surface area contributed by atoms with Crippen LogP contribution in [0.3, 0.4) is 0 Å². The molecule has 9 nitrogen and oxygen atoms in total. The Kier molecular flexibility index (Phi) is 4.80. The van der Waals surface area contributed by atoms with Crippen LogP contribution in [-0.4, -0.2) is 46.9 Å². The highest BCUT2D eigenvalue weighted by Gasteiger charge is 2.33. The quantitative estimate of drug-likeness (QED) is 0.501. The van der Waals surface area contributed by atoms with Gasteiger partial charge in [0.25, 0.3) is 11.6 Å². The number of rotatable bonds is 4. The highest BCUT2D eigenvalue weighted by molar-refractivity contribution is 6.31. The summed E-state index contributed by atoms with van der Waals surface area (Å²) in [5.41, 5.74) is -0.856. The maximum absolute atomic E-state index is 12.1. The third-order valence-electron chi connectivity index (χ3n) is 3.13. The molecule has 3 amide bonds. The zero-order valence-electron chi connectivity index (χ0n) is 11.9. The lowest BCUT2D eigenvalue weighted by Gasteiger charge is -2.18. The molecule has 10 heteroatoms. The molecule has 1 heterocycles. The Morgan fingerprint density at radius 3 is 2.74 bits per heavy atom. The number of nitro groups is 1. The number of hydrogen-bond donors (Lipinski definition) is 1. The molecule has 1 aromatic carbocycles. The van der Waals surface area contributed by atoms with E-state index in [-0.39, 0.29) is 17.1 Å². The number of hydrogen-bond acceptors (Lipinski definition) is 6. The SMILES string of the molecule is CC(OC(=O)c1cc(Cl)ccc1[N+](=O)[O-])C(=O)N1CCNC1=O. The molecule has 1 fully saturated rings. The summed E-state index contributed by atoms with van der Waals surface area (Å²) in [5, 5.41) is 13.5. The van der Waals surface area contributed by atoms with Gasteiger partial charge in [-0.25, -0.2) is 9.59 Å². The van der Waals surface area contributed by atoms with Crippen LogP contribution in [0.4, 0.5) is 10.5 Å². The van der Waals surface area contributed by atoms with Crippen LogP contribution in [0.5, 0.6) is 0 Å². The lowest BCUT2D eigenvalue weighted by Crippen LogP contribution is -2.41. The average Bonchev–Trinajstić information content (AvgIpc) is 2.91. The van der Waals surface area contributed by atoms with Crippen LogP contribution in [-0.2, 0) is 9.53 Å². The van der Waals surface area contributed by atoms with Crippen LogP contribution in [0.1, 0.15) is 17.3 Å². The minimum Gasteiger partial charge on any atom is -0.449 e. The van der Waals surface area contributed by atoms with Gasteiger partial charge in [-0.2, -0.15) is 0 Å². The highest BCUT2D eigenvalue weighted by Crippen LogP contribution is 2.24. The van der Waals surface area contributed by atoms with Crippen molar-refractivity contribution in [2.24, 2.45) is 0 Å². The van der Waals surface area contributed by atoms with E-state index in [2.05, 4.69) is 5.32 Å². The van der Waals surface area contributed by atoms with Gasteiger partial charge < -0.3 is 10.1 Å². The number of carbonyl (C=O) groups is 3. The maximum atomic E-state index is 12.1. The number of halogens is 1. The number of benzene rings is 1. The van der Waals surface area contributed by atoms with Gasteiger partial charge in [0.2, 0.25) is 0 Å². The second-order valence-corrected chi connectivity index (χ2v) is 5.12. The fourth-order valence-corrected chi connectivity index (χ4v) is 2.18. The molecule has 1 aliphatic heterocycles. The second-order valence-electron chi connectivity index (χ2n) is 4.69. The lowest BCUT2D eigenvalue weighted by molar-refractivity contribution is -0.385. The van der Waals surface area contributed by atoms with Crippen LogP contribution in [0.2, 0.25) is 5.02 Å². The molecule has 1 aliphatic rings. The number of esters is 1. The van der Waals surface area contributed by atoms with Gasteiger partial charge in [-0.1, -0.05) is 11.6 Å². The maximum Gasteiger partial charge on any atom is 0.345 e. The van der Waals surface area contributed by atoms with Crippen molar-refractivity contribution in [3.05, 3.63) is 38.9 Å². The average molecular weight is 342 g/mol. The van der Waals surface area contributed by atoms with Gasteiger partial charge in [0.1, 0.15) is 5.56 Å². The molecule has 0 aromatic heterocycles. The molecule has 122 valence electrons. The number of ether oxygens (including phenoxy) is 1. The van der Waals surface area contributed by atoms with E-state index in [9.17, 15) is 24.5 Å². The van der Waals surface area contributed by atoms with Gasteiger partial charge in [0.05, 0.1) is 4.92 Å². The van der Waals surface area contributed by atoms with Gasteiger partial charge in [-0.05, 0) is 19.1 Å². The van der Waals surface area contributed by atoms with Crippen LogP contribution in [0.25, 0.3) is 0 Å². The Labute approximate surface area is 135 Å². The Morgan fingerprint density at radius 2 is 2.17 bits per heavy atom. The van der Waals surface area contributed by atoms with E-state index in [4.69, 9.17) is 16.3 Å². The topological polar surface area (TPSA) is 119 Å². The first kappa shape index (κ1) is 16.7. The third kappa shape index (κ3) is 3.57. The smallest absolute Gasteiger partial charge is 0.345 e. The van der Waals surface area contributed by atoms with Gasteiger partial charge in [0, 0.05) is 24.2 Å². The normalized spacial score (nSPS) is 15.0. The molecule has 1 unspecified atom stereocenters. The van der Waals surface area contributed by atoms with Crippen molar-refractivity contribution in [1.82, 2.24) is 10.2 Å². The number of nitrogens with zero attached hydrogens (tertiary/aromatic N) is 2. The molecule has 0 radical (unpaired) electrons. The van der Waals surface area contributed by atoms with Gasteiger partial charge in [0.15, 0.2) is 6.10 Å². The number of nitro benzene ring substituents is 1.